The highest BCUT2D eigenvalue weighted by Gasteiger charge is 2.25. The van der Waals surface area contributed by atoms with Crippen molar-refractivity contribution >= 4 is 34.9 Å². The molecule has 0 bridgehead atoms. The number of anilines is 2. The number of thioether (sulfide) groups is 1. The third-order valence-electron chi connectivity index (χ3n) is 5.44. The van der Waals surface area contributed by atoms with Crippen LogP contribution in [0.25, 0.3) is 0 Å². The Morgan fingerprint density at radius 1 is 1.08 bits per heavy atom. The van der Waals surface area contributed by atoms with Crippen LogP contribution in [0, 0.1) is 0 Å². The Morgan fingerprint density at radius 2 is 1.88 bits per heavy atom. The molecule has 0 aliphatic carbocycles. The maximum Gasteiger partial charge on any atom is 0.0564 e. The zero-order chi connectivity index (χ0) is 17.2. The topological polar surface area (TPSA) is 6.48 Å². The Balaban J connectivity index is 0.00000196. The van der Waals surface area contributed by atoms with Crippen LogP contribution in [0.5, 0.6) is 0 Å². The summed E-state index contributed by atoms with van der Waals surface area (Å²) in [5.41, 5.74) is 2.76. The Hall–Kier alpha value is -0.810. The van der Waals surface area contributed by atoms with Gasteiger partial charge in [-0.25, -0.2) is 0 Å². The number of likely N-dealkylation sites (tertiary alicyclic amines) is 1. The average molecular weight is 406 g/mol. The van der Waals surface area contributed by atoms with Gasteiger partial charge < -0.3 is 22.2 Å². The molecule has 0 spiro atoms. The zero-order valence-electron chi connectivity index (χ0n) is 15.5. The molecule has 2 heterocycles. The van der Waals surface area contributed by atoms with Crippen molar-refractivity contribution in [2.75, 3.05) is 31.3 Å². The lowest BCUT2D eigenvalue weighted by Crippen LogP contribution is -3.00. The molecule has 2 aromatic carbocycles. The minimum atomic E-state index is 0. The molecule has 1 fully saturated rings. The van der Waals surface area contributed by atoms with Crippen molar-refractivity contribution in [1.29, 1.82) is 0 Å². The Kier molecular flexibility index (Phi) is 6.84. The number of hydrogen-bond acceptors (Lipinski definition) is 4. The first-order chi connectivity index (χ1) is 12.3. The molecule has 5 heteroatoms. The maximum atomic E-state index is 2.56. The molecule has 2 aromatic rings. The molecule has 1 unspecified atom stereocenters. The first kappa shape index (κ1) is 19.9. The largest absolute Gasteiger partial charge is 1.00 e. The van der Waals surface area contributed by atoms with E-state index in [1.807, 2.05) is 23.5 Å². The smallest absolute Gasteiger partial charge is 0.0564 e. The SMILES string of the molecule is CSc1ccc2c(c1)N(CCC1CCCCN1C)c1ccccc1S2.[Cl-]. The molecule has 0 saturated carbocycles. The number of benzene rings is 2. The van der Waals surface area contributed by atoms with Gasteiger partial charge in [-0.05, 0) is 69.4 Å². The molecule has 140 valence electrons. The first-order valence-electron chi connectivity index (χ1n) is 9.19. The van der Waals surface area contributed by atoms with Crippen LogP contribution < -0.4 is 17.3 Å². The van der Waals surface area contributed by atoms with Gasteiger partial charge in [0.25, 0.3) is 0 Å². The third-order valence-corrected chi connectivity index (χ3v) is 7.30. The van der Waals surface area contributed by atoms with Crippen LogP contribution in [-0.2, 0) is 0 Å². The van der Waals surface area contributed by atoms with E-state index in [0.29, 0.717) is 0 Å². The number of rotatable bonds is 4. The Bertz CT molecular complexity index is 753. The fraction of sp³-hybridized carbons (Fsp3) is 0.429. The summed E-state index contributed by atoms with van der Waals surface area (Å²) in [6, 6.07) is 16.5. The molecule has 1 saturated heterocycles. The van der Waals surface area contributed by atoms with Gasteiger partial charge in [-0.3, -0.25) is 0 Å². The molecular formula is C21H26ClN2S2-. The highest BCUT2D eigenvalue weighted by atomic mass is 35.5. The average Bonchev–Trinajstić information content (AvgIpc) is 2.66. The van der Waals surface area contributed by atoms with Gasteiger partial charge in [-0.2, -0.15) is 0 Å². The van der Waals surface area contributed by atoms with Gasteiger partial charge in [-0.1, -0.05) is 30.3 Å². The number of nitrogens with zero attached hydrogens (tertiary/aromatic N) is 2. The van der Waals surface area contributed by atoms with E-state index < -0.39 is 0 Å². The highest BCUT2D eigenvalue weighted by Crippen LogP contribution is 2.49. The number of halogens is 1. The summed E-state index contributed by atoms with van der Waals surface area (Å²) in [6.45, 7) is 2.35. The minimum Gasteiger partial charge on any atom is -1.00 e. The number of hydrogen-bond donors (Lipinski definition) is 0. The van der Waals surface area contributed by atoms with E-state index in [2.05, 4.69) is 65.6 Å². The maximum absolute atomic E-state index is 2.56. The van der Waals surface area contributed by atoms with Crippen molar-refractivity contribution in [3.05, 3.63) is 42.5 Å². The quantitative estimate of drug-likeness (QED) is 0.721. The Labute approximate surface area is 172 Å². The molecule has 1 atom stereocenters. The molecule has 0 N–H and O–H groups in total. The lowest BCUT2D eigenvalue weighted by molar-refractivity contribution is -0.00000501. The van der Waals surface area contributed by atoms with Crippen LogP contribution in [0.4, 0.5) is 11.4 Å². The normalized spacial score (nSPS) is 19.5. The van der Waals surface area contributed by atoms with E-state index in [9.17, 15) is 0 Å². The van der Waals surface area contributed by atoms with Gasteiger partial charge >= 0.3 is 0 Å². The van der Waals surface area contributed by atoms with Crippen molar-refractivity contribution in [1.82, 2.24) is 4.90 Å². The highest BCUT2D eigenvalue weighted by molar-refractivity contribution is 8.00. The summed E-state index contributed by atoms with van der Waals surface area (Å²) in [7, 11) is 2.30. The fourth-order valence-corrected chi connectivity index (χ4v) is 5.47. The second-order valence-corrected chi connectivity index (χ2v) is 8.94. The van der Waals surface area contributed by atoms with Crippen LogP contribution in [0.1, 0.15) is 25.7 Å². The summed E-state index contributed by atoms with van der Waals surface area (Å²) in [6.07, 6.45) is 7.48. The zero-order valence-corrected chi connectivity index (χ0v) is 17.8. The summed E-state index contributed by atoms with van der Waals surface area (Å²) in [5.74, 6) is 0. The predicted octanol–water partition coefficient (Wildman–Crippen LogP) is 2.89. The van der Waals surface area contributed by atoms with Gasteiger partial charge in [0.05, 0.1) is 11.4 Å². The standard InChI is InChI=1S/C21H26N2S2.ClH/c1-22-13-6-5-7-16(22)12-14-23-18-8-3-4-9-20(18)25-21-11-10-17(24-2)15-19(21)23;/h3-4,8-11,15-16H,5-7,12-14H2,1-2H3;1H/p-1. The number of para-hydroxylation sites is 1. The second kappa shape index (κ2) is 8.92. The van der Waals surface area contributed by atoms with Crippen molar-refractivity contribution in [2.24, 2.45) is 0 Å². The third kappa shape index (κ3) is 4.04. The molecule has 0 aromatic heterocycles. The van der Waals surface area contributed by atoms with Crippen molar-refractivity contribution in [2.45, 2.75) is 46.4 Å². The molecule has 2 aliphatic rings. The minimum absolute atomic E-state index is 0. The van der Waals surface area contributed by atoms with Crippen LogP contribution in [-0.4, -0.2) is 37.3 Å². The first-order valence-corrected chi connectivity index (χ1v) is 11.2. The van der Waals surface area contributed by atoms with Crippen LogP contribution in [0.2, 0.25) is 0 Å². The molecule has 2 nitrogen and oxygen atoms in total. The van der Waals surface area contributed by atoms with Gasteiger partial charge in [-0.15, -0.1) is 11.8 Å². The summed E-state index contributed by atoms with van der Waals surface area (Å²) >= 11 is 3.73. The van der Waals surface area contributed by atoms with Gasteiger partial charge in [0.2, 0.25) is 0 Å². The molecule has 0 radical (unpaired) electrons. The monoisotopic (exact) mass is 405 g/mol. The van der Waals surface area contributed by atoms with E-state index in [1.165, 1.54) is 58.3 Å². The van der Waals surface area contributed by atoms with E-state index >= 15 is 0 Å². The van der Waals surface area contributed by atoms with Gasteiger partial charge in [0, 0.05) is 27.3 Å². The summed E-state index contributed by atoms with van der Waals surface area (Å²) in [4.78, 5) is 9.23. The second-order valence-electron chi connectivity index (χ2n) is 6.97. The number of piperidine rings is 1. The van der Waals surface area contributed by atoms with Crippen molar-refractivity contribution in [3.8, 4) is 0 Å². The number of fused-ring (bicyclic) bond motifs is 2. The van der Waals surface area contributed by atoms with Crippen molar-refractivity contribution in [3.63, 3.8) is 0 Å². The summed E-state index contributed by atoms with van der Waals surface area (Å²) in [5, 5.41) is 0. The lowest BCUT2D eigenvalue weighted by Gasteiger charge is -2.37. The molecule has 26 heavy (non-hydrogen) atoms. The van der Waals surface area contributed by atoms with E-state index in [4.69, 9.17) is 0 Å². The Morgan fingerprint density at radius 3 is 2.69 bits per heavy atom. The fourth-order valence-electron chi connectivity index (χ4n) is 3.96. The molecule has 2 aliphatic heterocycles. The van der Waals surface area contributed by atoms with Crippen LogP contribution in [0.3, 0.4) is 0 Å². The van der Waals surface area contributed by atoms with E-state index in [0.717, 1.165) is 12.6 Å². The predicted molar refractivity (Wildman–Crippen MR) is 111 cm³/mol. The van der Waals surface area contributed by atoms with Crippen LogP contribution >= 0.6 is 23.5 Å². The van der Waals surface area contributed by atoms with Gasteiger partial charge in [0.15, 0.2) is 0 Å². The lowest BCUT2D eigenvalue weighted by atomic mass is 9.99. The summed E-state index contributed by atoms with van der Waals surface area (Å²) < 4.78 is 0. The molecule has 4 rings (SSSR count). The van der Waals surface area contributed by atoms with Crippen molar-refractivity contribution < 1.29 is 12.4 Å². The molecular weight excluding hydrogens is 380 g/mol. The van der Waals surface area contributed by atoms with E-state index in [1.54, 1.807) is 0 Å². The molecule has 0 amide bonds. The van der Waals surface area contributed by atoms with Crippen LogP contribution in [0.15, 0.2) is 57.2 Å². The van der Waals surface area contributed by atoms with E-state index in [-0.39, 0.29) is 12.4 Å². The van der Waals surface area contributed by atoms with Gasteiger partial charge in [0.1, 0.15) is 0 Å².